The van der Waals surface area contributed by atoms with Crippen molar-refractivity contribution in [1.29, 1.82) is 0 Å². The summed E-state index contributed by atoms with van der Waals surface area (Å²) >= 11 is 0. The molecular weight excluding hydrogens is 424 g/mol. The Morgan fingerprint density at radius 3 is 1.93 bits per heavy atom. The molecule has 0 fully saturated rings. The lowest BCUT2D eigenvalue weighted by molar-refractivity contribution is 0.0706. The first kappa shape index (κ1) is 26.9. The van der Waals surface area contributed by atoms with Gasteiger partial charge in [0.05, 0.1) is 5.75 Å². The average molecular weight is 461 g/mol. The fourth-order valence-corrected chi connectivity index (χ4v) is 6.71. The van der Waals surface area contributed by atoms with Crippen molar-refractivity contribution in [1.82, 2.24) is 0 Å². The van der Waals surface area contributed by atoms with Crippen LogP contribution in [-0.2, 0) is 27.6 Å². The van der Waals surface area contributed by atoms with Gasteiger partial charge in [-0.3, -0.25) is 8.98 Å². The van der Waals surface area contributed by atoms with Crippen molar-refractivity contribution in [3.63, 3.8) is 0 Å². The monoisotopic (exact) mass is 460 g/mol. The summed E-state index contributed by atoms with van der Waals surface area (Å²) in [7, 11) is -6.29. The van der Waals surface area contributed by atoms with Gasteiger partial charge in [0, 0.05) is 31.4 Å². The number of carbonyl (C=O) groups is 1. The molecule has 7 nitrogen and oxygen atoms in total. The van der Waals surface area contributed by atoms with Gasteiger partial charge in [-0.05, 0) is 33.6 Å². The molecule has 0 N–H and O–H groups in total. The van der Waals surface area contributed by atoms with Crippen LogP contribution in [0.2, 0.25) is 6.04 Å². The highest BCUT2D eigenvalue weighted by atomic mass is 32.2. The Hall–Kier alpha value is -1.10. The van der Waals surface area contributed by atoms with Crippen molar-refractivity contribution in [2.24, 2.45) is 0 Å². The topological polar surface area (TPSA) is 88.1 Å². The predicted octanol–water partition coefficient (Wildman–Crippen LogP) is 4.21. The van der Waals surface area contributed by atoms with E-state index in [1.807, 2.05) is 20.8 Å². The van der Waals surface area contributed by atoms with Gasteiger partial charge < -0.3 is 13.3 Å². The quantitative estimate of drug-likeness (QED) is 0.140. The van der Waals surface area contributed by atoms with E-state index in [4.69, 9.17) is 17.5 Å². The minimum Gasteiger partial charge on any atom is -0.374 e. The van der Waals surface area contributed by atoms with E-state index in [1.54, 1.807) is 30.3 Å². The number of ketones is 1. The van der Waals surface area contributed by atoms with Crippen LogP contribution in [0.15, 0.2) is 30.3 Å². The minimum absolute atomic E-state index is 0.0788. The van der Waals surface area contributed by atoms with Gasteiger partial charge in [-0.15, -0.1) is 0 Å². The Bertz CT molecular complexity index is 678. The smallest absolute Gasteiger partial charge is 0.374 e. The second-order valence-corrected chi connectivity index (χ2v) is 11.3. The summed E-state index contributed by atoms with van der Waals surface area (Å²) in [5.74, 6) is -0.422. The van der Waals surface area contributed by atoms with Gasteiger partial charge in [-0.1, -0.05) is 49.6 Å². The first-order valence-corrected chi connectivity index (χ1v) is 14.3. The van der Waals surface area contributed by atoms with E-state index in [2.05, 4.69) is 0 Å². The number of hydrogen-bond donors (Lipinski definition) is 0. The van der Waals surface area contributed by atoms with Crippen molar-refractivity contribution in [2.75, 3.05) is 32.2 Å². The molecule has 9 heteroatoms. The van der Waals surface area contributed by atoms with Gasteiger partial charge in [0.25, 0.3) is 10.1 Å². The number of rotatable bonds is 18. The predicted molar refractivity (Wildman–Crippen MR) is 119 cm³/mol. The van der Waals surface area contributed by atoms with Crippen LogP contribution >= 0.6 is 0 Å². The molecule has 0 aliphatic heterocycles. The molecule has 0 radical (unpaired) electrons. The molecule has 0 heterocycles. The number of Topliss-reactive ketones (excluding diaryl/α,β-unsaturated/α-hetero) is 1. The highest BCUT2D eigenvalue weighted by molar-refractivity contribution is 7.86. The molecule has 0 unspecified atom stereocenters. The molecule has 30 heavy (non-hydrogen) atoms. The maximum Gasteiger partial charge on any atom is 0.500 e. The molecule has 1 aromatic rings. The molecule has 0 aliphatic carbocycles. The first-order valence-electron chi connectivity index (χ1n) is 10.7. The Kier molecular flexibility index (Phi) is 13.3. The van der Waals surface area contributed by atoms with E-state index in [0.717, 1.165) is 31.7 Å². The molecule has 0 aromatic heterocycles. The van der Waals surface area contributed by atoms with Gasteiger partial charge in [-0.2, -0.15) is 8.42 Å². The zero-order chi connectivity index (χ0) is 22.3. The van der Waals surface area contributed by atoms with Crippen molar-refractivity contribution in [2.45, 2.75) is 58.9 Å². The number of benzene rings is 1. The van der Waals surface area contributed by atoms with Crippen LogP contribution in [0.25, 0.3) is 0 Å². The average Bonchev–Trinajstić information content (AvgIpc) is 2.72. The summed E-state index contributed by atoms with van der Waals surface area (Å²) in [6.07, 6.45) is 4.07. The molecular formula is C21H36O7SSi. The molecule has 0 amide bonds. The standard InChI is InChI=1S/C21H36O7SSi/c1-4-26-30(27-5-2,28-6-3)18-14-9-7-8-13-17-29(23,24)25-19-21(22)20-15-11-10-12-16-20/h10-12,15-16H,4-9,13-14,17-19H2,1-3H3. The van der Waals surface area contributed by atoms with Crippen molar-refractivity contribution in [3.05, 3.63) is 35.9 Å². The highest BCUT2D eigenvalue weighted by Crippen LogP contribution is 2.20. The molecule has 172 valence electrons. The summed E-state index contributed by atoms with van der Waals surface area (Å²) in [6, 6.07) is 9.29. The third-order valence-electron chi connectivity index (χ3n) is 4.44. The summed E-state index contributed by atoms with van der Waals surface area (Å²) in [5, 5.41) is 0. The Labute approximate surface area is 182 Å². The number of unbranched alkanes of at least 4 members (excludes halogenated alkanes) is 4. The van der Waals surface area contributed by atoms with Gasteiger partial charge in [0.1, 0.15) is 6.61 Å². The SMILES string of the molecule is CCO[Si](CCCCCCCS(=O)(=O)OCC(=O)c1ccccc1)(OCC)OCC. The van der Waals surface area contributed by atoms with E-state index >= 15 is 0 Å². The molecule has 1 aromatic carbocycles. The largest absolute Gasteiger partial charge is 0.500 e. The van der Waals surface area contributed by atoms with Gasteiger partial charge in [0.15, 0.2) is 5.78 Å². The Morgan fingerprint density at radius 2 is 1.37 bits per heavy atom. The number of carbonyl (C=O) groups excluding carboxylic acids is 1. The van der Waals surface area contributed by atoms with Crippen LogP contribution in [-0.4, -0.2) is 55.2 Å². The van der Waals surface area contributed by atoms with E-state index < -0.39 is 25.5 Å². The van der Waals surface area contributed by atoms with Crippen LogP contribution in [0.1, 0.15) is 63.2 Å². The molecule has 0 saturated heterocycles. The third-order valence-corrected chi connectivity index (χ3v) is 8.85. The van der Waals surface area contributed by atoms with Crippen molar-refractivity contribution in [3.8, 4) is 0 Å². The van der Waals surface area contributed by atoms with E-state index in [0.29, 0.717) is 31.8 Å². The third kappa shape index (κ3) is 10.8. The van der Waals surface area contributed by atoms with Crippen LogP contribution in [0.3, 0.4) is 0 Å². The molecule has 0 bridgehead atoms. The molecule has 1 rings (SSSR count). The maximum atomic E-state index is 12.0. The molecule has 0 atom stereocenters. The van der Waals surface area contributed by atoms with E-state index in [1.165, 1.54) is 0 Å². The second-order valence-electron chi connectivity index (χ2n) is 6.81. The molecule has 0 aliphatic rings. The van der Waals surface area contributed by atoms with E-state index in [-0.39, 0.29) is 11.5 Å². The minimum atomic E-state index is -3.70. The van der Waals surface area contributed by atoms with Crippen LogP contribution in [0.5, 0.6) is 0 Å². The molecule has 0 spiro atoms. The summed E-state index contributed by atoms with van der Waals surface area (Å²) in [4.78, 5) is 11.9. The summed E-state index contributed by atoms with van der Waals surface area (Å²) in [5.41, 5.74) is 0.443. The normalized spacial score (nSPS) is 12.2. The van der Waals surface area contributed by atoms with E-state index in [9.17, 15) is 13.2 Å². The zero-order valence-corrected chi connectivity index (χ0v) is 20.2. The van der Waals surface area contributed by atoms with Gasteiger partial charge in [0.2, 0.25) is 0 Å². The van der Waals surface area contributed by atoms with Crippen molar-refractivity contribution < 1.29 is 30.7 Å². The lowest BCUT2D eigenvalue weighted by Crippen LogP contribution is -2.45. The summed E-state index contributed by atoms with van der Waals surface area (Å²) < 4.78 is 46.3. The van der Waals surface area contributed by atoms with Crippen LogP contribution < -0.4 is 0 Å². The lowest BCUT2D eigenvalue weighted by Gasteiger charge is -2.28. The van der Waals surface area contributed by atoms with Gasteiger partial charge >= 0.3 is 8.80 Å². The zero-order valence-electron chi connectivity index (χ0n) is 18.4. The Balaban J connectivity index is 2.25. The number of hydrogen-bond acceptors (Lipinski definition) is 7. The van der Waals surface area contributed by atoms with Crippen LogP contribution in [0.4, 0.5) is 0 Å². The summed E-state index contributed by atoms with van der Waals surface area (Å²) in [6.45, 7) is 7.07. The highest BCUT2D eigenvalue weighted by Gasteiger charge is 2.39. The van der Waals surface area contributed by atoms with Crippen molar-refractivity contribution >= 4 is 24.7 Å². The Morgan fingerprint density at radius 1 is 0.833 bits per heavy atom. The second kappa shape index (κ2) is 14.8. The fraction of sp³-hybridized carbons (Fsp3) is 0.667. The van der Waals surface area contributed by atoms with Crippen LogP contribution in [0, 0.1) is 0 Å². The molecule has 0 saturated carbocycles. The maximum absolute atomic E-state index is 12.0. The lowest BCUT2D eigenvalue weighted by atomic mass is 10.1. The fourth-order valence-electron chi connectivity index (χ4n) is 3.06. The van der Waals surface area contributed by atoms with Gasteiger partial charge in [-0.25, -0.2) is 0 Å². The first-order chi connectivity index (χ1) is 14.4.